The molecule has 1 N–H and O–H groups in total. The molecule has 27 heavy (non-hydrogen) atoms. The third-order valence-electron chi connectivity index (χ3n) is 4.12. The van der Waals surface area contributed by atoms with Gasteiger partial charge in [-0.1, -0.05) is 17.3 Å². The molecular weight excluding hydrogens is 351 g/mol. The molecule has 0 aliphatic rings. The second-order valence-electron chi connectivity index (χ2n) is 6.15. The number of carboxylic acids is 1. The fraction of sp³-hybridized carbons (Fsp3) is 0.250. The Morgan fingerprint density at radius 3 is 2.74 bits per heavy atom. The smallest absolute Gasteiger partial charge is 0.303 e. The molecule has 3 aromatic rings. The van der Waals surface area contributed by atoms with E-state index in [0.29, 0.717) is 22.8 Å². The molecule has 0 atom stereocenters. The van der Waals surface area contributed by atoms with Crippen molar-refractivity contribution in [1.82, 2.24) is 10.1 Å². The molecule has 0 bridgehead atoms. The summed E-state index contributed by atoms with van der Waals surface area (Å²) in [5, 5.41) is 12.6. The van der Waals surface area contributed by atoms with Gasteiger partial charge in [0.25, 0.3) is 0 Å². The summed E-state index contributed by atoms with van der Waals surface area (Å²) >= 11 is 0. The Labute approximate surface area is 155 Å². The van der Waals surface area contributed by atoms with E-state index in [-0.39, 0.29) is 19.4 Å². The van der Waals surface area contributed by atoms with E-state index in [1.54, 1.807) is 12.1 Å². The number of hydrogen-bond donors (Lipinski definition) is 1. The van der Waals surface area contributed by atoms with Crippen molar-refractivity contribution in [3.05, 3.63) is 64.9 Å². The molecule has 0 radical (unpaired) electrons. The summed E-state index contributed by atoms with van der Waals surface area (Å²) in [6, 6.07) is 9.98. The first-order valence-electron chi connectivity index (χ1n) is 8.46. The van der Waals surface area contributed by atoms with Gasteiger partial charge in [0.2, 0.25) is 0 Å². The van der Waals surface area contributed by atoms with Crippen molar-refractivity contribution >= 4 is 5.97 Å². The minimum absolute atomic E-state index is 0.116. The van der Waals surface area contributed by atoms with Crippen LogP contribution >= 0.6 is 0 Å². The summed E-state index contributed by atoms with van der Waals surface area (Å²) in [7, 11) is 0. The Morgan fingerprint density at radius 2 is 2.07 bits per heavy atom. The van der Waals surface area contributed by atoms with Crippen LogP contribution in [0.4, 0.5) is 4.39 Å². The van der Waals surface area contributed by atoms with Gasteiger partial charge in [-0.05, 0) is 44.0 Å². The first kappa shape index (κ1) is 18.6. The normalized spacial score (nSPS) is 10.8. The average Bonchev–Trinajstić information content (AvgIpc) is 2.97. The molecule has 7 heteroatoms. The summed E-state index contributed by atoms with van der Waals surface area (Å²) in [4.78, 5) is 15.2. The Bertz CT molecular complexity index is 949. The predicted octanol–water partition coefficient (Wildman–Crippen LogP) is 4.09. The van der Waals surface area contributed by atoms with E-state index in [1.807, 2.05) is 32.0 Å². The van der Waals surface area contributed by atoms with Crippen molar-refractivity contribution in [2.45, 2.75) is 33.3 Å². The number of rotatable bonds is 7. The molecule has 0 spiro atoms. The molecule has 0 aliphatic carbocycles. The predicted molar refractivity (Wildman–Crippen MR) is 95.9 cm³/mol. The van der Waals surface area contributed by atoms with Crippen molar-refractivity contribution in [2.75, 3.05) is 0 Å². The van der Waals surface area contributed by atoms with Crippen molar-refractivity contribution < 1.29 is 23.6 Å². The number of pyridine rings is 1. The minimum atomic E-state index is -0.959. The van der Waals surface area contributed by atoms with E-state index in [1.165, 1.54) is 6.07 Å². The lowest BCUT2D eigenvalue weighted by molar-refractivity contribution is -0.136. The van der Waals surface area contributed by atoms with Crippen LogP contribution < -0.4 is 4.74 Å². The van der Waals surface area contributed by atoms with Crippen LogP contribution in [-0.2, 0) is 17.8 Å². The Balaban J connectivity index is 1.69. The number of carbonyl (C=O) groups is 1. The highest BCUT2D eigenvalue weighted by Crippen LogP contribution is 2.25. The zero-order valence-electron chi connectivity index (χ0n) is 15.0. The number of aromatic nitrogens is 2. The molecule has 1 aromatic carbocycles. The number of halogens is 1. The standard InChI is InChI=1S/C20H19FN2O4/c1-12-20(13(2)27-23-12)18-5-3-4-15(22-18)11-26-16-8-6-14(17(21)10-16)7-9-19(24)25/h3-6,8,10H,7,9,11H2,1-2H3,(H,24,25). The van der Waals surface area contributed by atoms with Crippen LogP contribution in [0.3, 0.4) is 0 Å². The van der Waals surface area contributed by atoms with Gasteiger partial charge in [-0.3, -0.25) is 4.79 Å². The van der Waals surface area contributed by atoms with Gasteiger partial charge in [0.1, 0.15) is 23.9 Å². The summed E-state index contributed by atoms with van der Waals surface area (Å²) in [6.07, 6.45) is 0.0258. The summed E-state index contributed by atoms with van der Waals surface area (Å²) in [6.45, 7) is 3.85. The largest absolute Gasteiger partial charge is 0.487 e. The maximum atomic E-state index is 14.1. The topological polar surface area (TPSA) is 85.5 Å². The first-order chi connectivity index (χ1) is 12.9. The van der Waals surface area contributed by atoms with Crippen LogP contribution in [0.1, 0.15) is 29.1 Å². The van der Waals surface area contributed by atoms with Gasteiger partial charge in [-0.2, -0.15) is 0 Å². The molecule has 0 fully saturated rings. The van der Waals surface area contributed by atoms with E-state index >= 15 is 0 Å². The van der Waals surface area contributed by atoms with Crippen LogP contribution in [0.5, 0.6) is 5.75 Å². The van der Waals surface area contributed by atoms with Crippen molar-refractivity contribution in [2.24, 2.45) is 0 Å². The molecular formula is C20H19FN2O4. The number of ether oxygens (including phenoxy) is 1. The van der Waals surface area contributed by atoms with Gasteiger partial charge in [-0.25, -0.2) is 9.37 Å². The molecule has 0 saturated carbocycles. The van der Waals surface area contributed by atoms with Gasteiger partial charge in [0, 0.05) is 12.5 Å². The van der Waals surface area contributed by atoms with E-state index in [9.17, 15) is 9.18 Å². The highest BCUT2D eigenvalue weighted by atomic mass is 19.1. The van der Waals surface area contributed by atoms with Crippen molar-refractivity contribution in [1.29, 1.82) is 0 Å². The van der Waals surface area contributed by atoms with Gasteiger partial charge < -0.3 is 14.4 Å². The molecule has 0 unspecified atom stereocenters. The molecule has 6 nitrogen and oxygen atoms in total. The lowest BCUT2D eigenvalue weighted by Crippen LogP contribution is -2.02. The van der Waals surface area contributed by atoms with Crippen LogP contribution in [0, 0.1) is 19.7 Å². The fourth-order valence-electron chi connectivity index (χ4n) is 2.77. The molecule has 3 rings (SSSR count). The number of benzene rings is 1. The lowest BCUT2D eigenvalue weighted by Gasteiger charge is -2.09. The van der Waals surface area contributed by atoms with E-state index in [2.05, 4.69) is 10.1 Å². The fourth-order valence-corrected chi connectivity index (χ4v) is 2.77. The van der Waals surface area contributed by atoms with Gasteiger partial charge in [0.05, 0.1) is 22.6 Å². The summed E-state index contributed by atoms with van der Waals surface area (Å²) in [5.74, 6) is -0.390. The number of aryl methyl sites for hydroxylation is 3. The van der Waals surface area contributed by atoms with Gasteiger partial charge in [0.15, 0.2) is 0 Å². The van der Waals surface area contributed by atoms with Gasteiger partial charge >= 0.3 is 5.97 Å². The zero-order valence-corrected chi connectivity index (χ0v) is 15.0. The Morgan fingerprint density at radius 1 is 1.26 bits per heavy atom. The quantitative estimate of drug-likeness (QED) is 0.674. The maximum Gasteiger partial charge on any atom is 0.303 e. The molecule has 2 heterocycles. The monoisotopic (exact) mass is 370 g/mol. The van der Waals surface area contributed by atoms with Crippen LogP contribution in [0.25, 0.3) is 11.3 Å². The second kappa shape index (κ2) is 7.99. The summed E-state index contributed by atoms with van der Waals surface area (Å²) < 4.78 is 24.9. The van der Waals surface area contributed by atoms with Gasteiger partial charge in [-0.15, -0.1) is 0 Å². The van der Waals surface area contributed by atoms with E-state index in [4.69, 9.17) is 14.4 Å². The maximum absolute atomic E-state index is 14.1. The molecule has 2 aromatic heterocycles. The highest BCUT2D eigenvalue weighted by molar-refractivity contribution is 5.67. The minimum Gasteiger partial charge on any atom is -0.487 e. The second-order valence-corrected chi connectivity index (χ2v) is 6.15. The SMILES string of the molecule is Cc1noc(C)c1-c1cccc(COc2ccc(CCC(=O)O)c(F)c2)n1. The number of hydrogen-bond acceptors (Lipinski definition) is 5. The molecule has 140 valence electrons. The zero-order chi connectivity index (χ0) is 19.4. The highest BCUT2D eigenvalue weighted by Gasteiger charge is 2.13. The lowest BCUT2D eigenvalue weighted by atomic mass is 10.1. The van der Waals surface area contributed by atoms with E-state index in [0.717, 1.165) is 17.0 Å². The van der Waals surface area contributed by atoms with Crippen LogP contribution in [0.2, 0.25) is 0 Å². The Kier molecular flexibility index (Phi) is 5.49. The third kappa shape index (κ3) is 4.49. The number of aliphatic carboxylic acids is 1. The third-order valence-corrected chi connectivity index (χ3v) is 4.12. The molecule has 0 amide bonds. The van der Waals surface area contributed by atoms with Crippen LogP contribution in [-0.4, -0.2) is 21.2 Å². The van der Waals surface area contributed by atoms with Crippen molar-refractivity contribution in [3.8, 4) is 17.0 Å². The molecule has 0 aliphatic heterocycles. The average molecular weight is 370 g/mol. The van der Waals surface area contributed by atoms with E-state index < -0.39 is 11.8 Å². The van der Waals surface area contributed by atoms with Crippen molar-refractivity contribution in [3.63, 3.8) is 0 Å². The molecule has 0 saturated heterocycles. The number of carboxylic acid groups (broad SMARTS) is 1. The number of nitrogens with zero attached hydrogens (tertiary/aromatic N) is 2. The van der Waals surface area contributed by atoms with Crippen LogP contribution in [0.15, 0.2) is 40.9 Å². The first-order valence-corrected chi connectivity index (χ1v) is 8.46. The summed E-state index contributed by atoms with van der Waals surface area (Å²) in [5.41, 5.74) is 3.39. The Hall–Kier alpha value is -3.22.